The fourth-order valence-corrected chi connectivity index (χ4v) is 3.01. The van der Waals surface area contributed by atoms with Crippen LogP contribution < -0.4 is 0 Å². The van der Waals surface area contributed by atoms with Crippen LogP contribution >= 0.6 is 11.6 Å². The maximum Gasteiger partial charge on any atom is 0.226 e. The van der Waals surface area contributed by atoms with Crippen molar-refractivity contribution in [3.63, 3.8) is 0 Å². The number of aromatic nitrogens is 2. The van der Waals surface area contributed by atoms with Gasteiger partial charge in [0.15, 0.2) is 0 Å². The van der Waals surface area contributed by atoms with E-state index in [1.54, 1.807) is 17.3 Å². The number of nitrogens with one attached hydrogen (secondary N) is 1. The number of likely N-dealkylation sites (N-methyl/N-ethyl adjacent to an activating group) is 1. The smallest absolute Gasteiger partial charge is 0.226 e. The Bertz CT molecular complexity index is 858. The molecule has 0 saturated heterocycles. The highest BCUT2D eigenvalue weighted by Crippen LogP contribution is 2.26. The second kappa shape index (κ2) is 7.05. The van der Waals surface area contributed by atoms with Gasteiger partial charge in [-0.2, -0.15) is 0 Å². The number of carbonyl (C=O) groups is 1. The number of rotatable bonds is 5. The number of carbonyl (C=O) groups excluding carboxylic acids is 1. The van der Waals surface area contributed by atoms with Gasteiger partial charge >= 0.3 is 0 Å². The Hall–Kier alpha value is -2.33. The van der Waals surface area contributed by atoms with E-state index in [-0.39, 0.29) is 5.91 Å². The summed E-state index contributed by atoms with van der Waals surface area (Å²) in [5, 5.41) is 1.71. The molecule has 1 aromatic carbocycles. The minimum Gasteiger partial charge on any atom is -0.358 e. The molecule has 5 heteroatoms. The largest absolute Gasteiger partial charge is 0.358 e. The molecule has 0 radical (unpaired) electrons. The fourth-order valence-electron chi connectivity index (χ4n) is 2.84. The van der Waals surface area contributed by atoms with Crippen molar-refractivity contribution in [2.75, 3.05) is 13.6 Å². The predicted molar refractivity (Wildman–Crippen MR) is 97.3 cm³/mol. The van der Waals surface area contributed by atoms with Crippen LogP contribution in [0.3, 0.4) is 0 Å². The zero-order valence-corrected chi connectivity index (χ0v) is 14.6. The number of aryl methyl sites for hydroxylation is 1. The van der Waals surface area contributed by atoms with E-state index in [1.807, 2.05) is 44.3 Å². The molecule has 3 aromatic rings. The van der Waals surface area contributed by atoms with Crippen LogP contribution in [0, 0.1) is 6.92 Å². The molecule has 0 fully saturated rings. The molecule has 24 heavy (non-hydrogen) atoms. The molecule has 0 bridgehead atoms. The highest BCUT2D eigenvalue weighted by Gasteiger charge is 2.15. The average Bonchev–Trinajstić information content (AvgIpc) is 2.89. The van der Waals surface area contributed by atoms with E-state index in [2.05, 4.69) is 9.97 Å². The highest BCUT2D eigenvalue weighted by molar-refractivity contribution is 6.31. The van der Waals surface area contributed by atoms with Crippen molar-refractivity contribution in [1.29, 1.82) is 0 Å². The van der Waals surface area contributed by atoms with Crippen LogP contribution in [0.5, 0.6) is 0 Å². The molecule has 0 aliphatic heterocycles. The second-order valence-corrected chi connectivity index (χ2v) is 6.45. The summed E-state index contributed by atoms with van der Waals surface area (Å²) in [6.45, 7) is 2.68. The van der Waals surface area contributed by atoms with Gasteiger partial charge in [-0.3, -0.25) is 9.78 Å². The van der Waals surface area contributed by atoms with E-state index in [0.29, 0.717) is 18.0 Å². The van der Waals surface area contributed by atoms with Gasteiger partial charge in [0.1, 0.15) is 0 Å². The van der Waals surface area contributed by atoms with Crippen molar-refractivity contribution in [2.45, 2.75) is 19.8 Å². The summed E-state index contributed by atoms with van der Waals surface area (Å²) in [4.78, 5) is 21.7. The Labute approximate surface area is 146 Å². The van der Waals surface area contributed by atoms with Crippen LogP contribution in [0.15, 0.2) is 42.7 Å². The van der Waals surface area contributed by atoms with E-state index in [0.717, 1.165) is 28.6 Å². The molecule has 2 heterocycles. The van der Waals surface area contributed by atoms with Gasteiger partial charge < -0.3 is 9.88 Å². The number of aromatic amines is 1. The van der Waals surface area contributed by atoms with Crippen molar-refractivity contribution in [1.82, 2.24) is 14.9 Å². The van der Waals surface area contributed by atoms with Crippen LogP contribution in [0.4, 0.5) is 0 Å². The number of nitrogens with zero attached hydrogens (tertiary/aromatic N) is 2. The quantitative estimate of drug-likeness (QED) is 0.768. The molecule has 0 unspecified atom stereocenters. The molecule has 1 N–H and O–H groups in total. The zero-order valence-electron chi connectivity index (χ0n) is 13.8. The standard InChI is InChI=1S/C19H20ClN3O/c1-13-16(17-11-15(20)3-4-18(17)22-13)12-19(24)23(2)10-7-14-5-8-21-9-6-14/h3-6,8-9,11,22H,7,10,12H2,1-2H3. The first-order valence-corrected chi connectivity index (χ1v) is 8.32. The number of hydrogen-bond donors (Lipinski definition) is 1. The van der Waals surface area contributed by atoms with Gasteiger partial charge in [-0.1, -0.05) is 11.6 Å². The van der Waals surface area contributed by atoms with E-state index in [1.165, 1.54) is 5.56 Å². The summed E-state index contributed by atoms with van der Waals surface area (Å²) < 4.78 is 0. The first-order valence-electron chi connectivity index (χ1n) is 7.94. The van der Waals surface area contributed by atoms with Crippen molar-refractivity contribution in [3.8, 4) is 0 Å². The molecule has 3 rings (SSSR count). The third kappa shape index (κ3) is 3.60. The average molecular weight is 342 g/mol. The number of amides is 1. The van der Waals surface area contributed by atoms with Gasteiger partial charge in [0, 0.05) is 47.6 Å². The van der Waals surface area contributed by atoms with E-state index in [4.69, 9.17) is 11.6 Å². The molecule has 4 nitrogen and oxygen atoms in total. The SMILES string of the molecule is Cc1[nH]c2ccc(Cl)cc2c1CC(=O)N(C)CCc1ccncc1. The van der Waals surface area contributed by atoms with E-state index >= 15 is 0 Å². The minimum absolute atomic E-state index is 0.105. The Morgan fingerprint density at radius 2 is 2.00 bits per heavy atom. The normalized spacial score (nSPS) is 11.0. The van der Waals surface area contributed by atoms with Gasteiger partial charge in [-0.05, 0) is 54.8 Å². The van der Waals surface area contributed by atoms with Gasteiger partial charge in [-0.25, -0.2) is 0 Å². The molecule has 0 spiro atoms. The Balaban J connectivity index is 1.70. The number of fused-ring (bicyclic) bond motifs is 1. The fraction of sp³-hybridized carbons (Fsp3) is 0.263. The summed E-state index contributed by atoms with van der Waals surface area (Å²) in [6.07, 6.45) is 4.74. The van der Waals surface area contributed by atoms with Crippen LogP contribution in [0.1, 0.15) is 16.8 Å². The molecular formula is C19H20ClN3O. The molecule has 124 valence electrons. The summed E-state index contributed by atoms with van der Waals surface area (Å²) in [7, 11) is 1.85. The predicted octanol–water partition coefficient (Wildman–Crippen LogP) is 3.77. The molecule has 0 aliphatic rings. The summed E-state index contributed by atoms with van der Waals surface area (Å²) in [6, 6.07) is 9.67. The van der Waals surface area contributed by atoms with Gasteiger partial charge in [-0.15, -0.1) is 0 Å². The lowest BCUT2D eigenvalue weighted by molar-refractivity contribution is -0.129. The zero-order chi connectivity index (χ0) is 17.1. The monoisotopic (exact) mass is 341 g/mol. The first kappa shape index (κ1) is 16.5. The molecule has 2 aromatic heterocycles. The lowest BCUT2D eigenvalue weighted by Gasteiger charge is -2.17. The first-order chi connectivity index (χ1) is 11.5. The van der Waals surface area contributed by atoms with Crippen molar-refractivity contribution >= 4 is 28.4 Å². The van der Waals surface area contributed by atoms with Crippen LogP contribution in [-0.4, -0.2) is 34.4 Å². The van der Waals surface area contributed by atoms with Crippen molar-refractivity contribution in [3.05, 3.63) is 64.6 Å². The van der Waals surface area contributed by atoms with Gasteiger partial charge in [0.25, 0.3) is 0 Å². The number of hydrogen-bond acceptors (Lipinski definition) is 2. The van der Waals surface area contributed by atoms with E-state index in [9.17, 15) is 4.79 Å². The van der Waals surface area contributed by atoms with Gasteiger partial charge in [0.05, 0.1) is 6.42 Å². The summed E-state index contributed by atoms with van der Waals surface area (Å²) >= 11 is 6.10. The van der Waals surface area contributed by atoms with E-state index < -0.39 is 0 Å². The van der Waals surface area contributed by atoms with Crippen LogP contribution in [-0.2, 0) is 17.6 Å². The van der Waals surface area contributed by atoms with Crippen LogP contribution in [0.2, 0.25) is 5.02 Å². The summed E-state index contributed by atoms with van der Waals surface area (Å²) in [5.41, 5.74) is 4.23. The molecular weight excluding hydrogens is 322 g/mol. The molecule has 0 aliphatic carbocycles. The Morgan fingerprint density at radius 1 is 1.25 bits per heavy atom. The van der Waals surface area contributed by atoms with Crippen molar-refractivity contribution in [2.24, 2.45) is 0 Å². The number of benzene rings is 1. The Kier molecular flexibility index (Phi) is 4.86. The molecule has 0 atom stereocenters. The maximum absolute atomic E-state index is 12.6. The third-order valence-electron chi connectivity index (χ3n) is 4.32. The molecule has 0 saturated carbocycles. The summed E-state index contributed by atoms with van der Waals surface area (Å²) in [5.74, 6) is 0.105. The lowest BCUT2D eigenvalue weighted by Crippen LogP contribution is -2.30. The number of halogens is 1. The second-order valence-electron chi connectivity index (χ2n) is 6.02. The van der Waals surface area contributed by atoms with Crippen molar-refractivity contribution < 1.29 is 4.79 Å². The maximum atomic E-state index is 12.6. The third-order valence-corrected chi connectivity index (χ3v) is 4.56. The minimum atomic E-state index is 0.105. The molecule has 1 amide bonds. The number of pyridine rings is 1. The number of H-pyrrole nitrogens is 1. The van der Waals surface area contributed by atoms with Gasteiger partial charge in [0.2, 0.25) is 5.91 Å². The highest BCUT2D eigenvalue weighted by atomic mass is 35.5. The lowest BCUT2D eigenvalue weighted by atomic mass is 10.1. The Morgan fingerprint density at radius 3 is 2.75 bits per heavy atom. The topological polar surface area (TPSA) is 49.0 Å². The van der Waals surface area contributed by atoms with Crippen LogP contribution in [0.25, 0.3) is 10.9 Å².